The highest BCUT2D eigenvalue weighted by atomic mass is 16.3. The van der Waals surface area contributed by atoms with Crippen molar-refractivity contribution in [3.63, 3.8) is 0 Å². The van der Waals surface area contributed by atoms with E-state index in [0.29, 0.717) is 17.1 Å². The van der Waals surface area contributed by atoms with Crippen LogP contribution in [0.1, 0.15) is 22.5 Å². The van der Waals surface area contributed by atoms with Gasteiger partial charge in [-0.05, 0) is 32.9 Å². The fraction of sp³-hybridized carbons (Fsp3) is 0.176. The first-order chi connectivity index (χ1) is 11.9. The highest BCUT2D eigenvalue weighted by Crippen LogP contribution is 2.21. The zero-order chi connectivity index (χ0) is 18.1. The zero-order valence-corrected chi connectivity index (χ0v) is 14.0. The van der Waals surface area contributed by atoms with E-state index in [-0.39, 0.29) is 5.56 Å². The van der Waals surface area contributed by atoms with Gasteiger partial charge in [-0.1, -0.05) is 17.7 Å². The van der Waals surface area contributed by atoms with Crippen LogP contribution in [0.4, 0.5) is 5.69 Å². The molecule has 0 atom stereocenters. The van der Waals surface area contributed by atoms with Crippen molar-refractivity contribution < 1.29 is 5.11 Å². The number of rotatable bonds is 3. The normalized spacial score (nSPS) is 11.3. The summed E-state index contributed by atoms with van der Waals surface area (Å²) in [6.07, 6.45) is 1.23. The Kier molecular flexibility index (Phi) is 4.10. The molecule has 8 nitrogen and oxygen atoms in total. The predicted molar refractivity (Wildman–Crippen MR) is 94.4 cm³/mol. The van der Waals surface area contributed by atoms with Crippen LogP contribution < -0.4 is 11.2 Å². The maximum absolute atomic E-state index is 12.1. The smallest absolute Gasteiger partial charge is 0.335 e. The van der Waals surface area contributed by atoms with Gasteiger partial charge >= 0.3 is 5.69 Å². The molecule has 0 aliphatic heterocycles. The van der Waals surface area contributed by atoms with Crippen molar-refractivity contribution in [3.8, 4) is 11.6 Å². The molecule has 1 aromatic carbocycles. The summed E-state index contributed by atoms with van der Waals surface area (Å²) in [6.45, 7) is 5.48. The topological polar surface area (TPSA) is 116 Å². The molecule has 3 N–H and O–H groups in total. The number of benzene rings is 1. The molecule has 8 heteroatoms. The summed E-state index contributed by atoms with van der Waals surface area (Å²) in [5, 5.41) is 17.3. The number of aromatic hydroxyl groups is 1. The average molecular weight is 339 g/mol. The summed E-state index contributed by atoms with van der Waals surface area (Å²) in [5.41, 5.74) is 1.87. The van der Waals surface area contributed by atoms with E-state index in [1.165, 1.54) is 6.21 Å². The van der Waals surface area contributed by atoms with Crippen molar-refractivity contribution in [2.75, 3.05) is 0 Å². The number of aliphatic imine (C=N–C) groups is 1. The molecule has 128 valence electrons. The Morgan fingerprint density at radius 3 is 2.44 bits per heavy atom. The molecule has 0 saturated carbocycles. The van der Waals surface area contributed by atoms with Crippen LogP contribution in [0.25, 0.3) is 5.69 Å². The average Bonchev–Trinajstić information content (AvgIpc) is 2.87. The molecule has 2 heterocycles. The number of hydrogen-bond donors (Lipinski definition) is 3. The van der Waals surface area contributed by atoms with Crippen LogP contribution in [0.5, 0.6) is 5.88 Å². The summed E-state index contributed by atoms with van der Waals surface area (Å²) in [7, 11) is 0. The van der Waals surface area contributed by atoms with Gasteiger partial charge in [0.05, 0.1) is 17.1 Å². The second-order valence-corrected chi connectivity index (χ2v) is 5.71. The summed E-state index contributed by atoms with van der Waals surface area (Å²) < 4.78 is 1.03. The van der Waals surface area contributed by atoms with Gasteiger partial charge in [0.2, 0.25) is 5.88 Å². The molecule has 0 unspecified atom stereocenters. The Morgan fingerprint density at radius 2 is 1.84 bits per heavy atom. The molecule has 0 saturated heterocycles. The molecule has 0 radical (unpaired) electrons. The van der Waals surface area contributed by atoms with Crippen LogP contribution in [0.2, 0.25) is 0 Å². The Balaban J connectivity index is 2.15. The molecule has 0 spiro atoms. The number of nitrogens with zero attached hydrogens (tertiary/aromatic N) is 3. The van der Waals surface area contributed by atoms with E-state index >= 15 is 0 Å². The highest BCUT2D eigenvalue weighted by Gasteiger charge is 2.14. The summed E-state index contributed by atoms with van der Waals surface area (Å²) in [6, 6.07) is 6.97. The van der Waals surface area contributed by atoms with Gasteiger partial charge in [-0.25, -0.2) is 9.36 Å². The van der Waals surface area contributed by atoms with Crippen molar-refractivity contribution in [1.82, 2.24) is 19.7 Å². The second-order valence-electron chi connectivity index (χ2n) is 5.71. The first kappa shape index (κ1) is 16.4. The monoisotopic (exact) mass is 339 g/mol. The first-order valence-electron chi connectivity index (χ1n) is 7.59. The molecule has 0 bridgehead atoms. The van der Waals surface area contributed by atoms with E-state index in [0.717, 1.165) is 15.8 Å². The molecule has 25 heavy (non-hydrogen) atoms. The SMILES string of the molecule is Cc1ccc(-n2c(O)c(C=Nc3c(C)n[nH]c3C)c(=O)[nH]c2=O)cc1. The Labute approximate surface area is 142 Å². The standard InChI is InChI=1S/C17H17N5O3/c1-9-4-6-12(7-5-9)22-16(24)13(15(23)19-17(22)25)8-18-14-10(2)20-21-11(14)3/h4-8,24H,1-3H3,(H,20,21)(H,19,23,25). The van der Waals surface area contributed by atoms with Gasteiger partial charge in [0.1, 0.15) is 11.3 Å². The number of aromatic nitrogens is 4. The fourth-order valence-corrected chi connectivity index (χ4v) is 2.45. The largest absolute Gasteiger partial charge is 0.493 e. The van der Waals surface area contributed by atoms with Gasteiger partial charge in [-0.2, -0.15) is 5.10 Å². The number of nitrogens with one attached hydrogen (secondary N) is 2. The fourth-order valence-electron chi connectivity index (χ4n) is 2.45. The maximum Gasteiger partial charge on any atom is 0.335 e. The third kappa shape index (κ3) is 3.01. The minimum absolute atomic E-state index is 0.111. The first-order valence-corrected chi connectivity index (χ1v) is 7.59. The minimum atomic E-state index is -0.723. The lowest BCUT2D eigenvalue weighted by Crippen LogP contribution is -2.31. The summed E-state index contributed by atoms with van der Waals surface area (Å²) in [4.78, 5) is 30.6. The van der Waals surface area contributed by atoms with E-state index in [1.807, 2.05) is 6.92 Å². The minimum Gasteiger partial charge on any atom is -0.493 e. The second kappa shape index (κ2) is 6.23. The quantitative estimate of drug-likeness (QED) is 0.629. The van der Waals surface area contributed by atoms with E-state index in [4.69, 9.17) is 0 Å². The number of H-pyrrole nitrogens is 2. The molecule has 3 aromatic rings. The van der Waals surface area contributed by atoms with E-state index < -0.39 is 17.1 Å². The van der Waals surface area contributed by atoms with Crippen LogP contribution in [0.15, 0.2) is 38.8 Å². The van der Waals surface area contributed by atoms with Gasteiger partial charge in [0.25, 0.3) is 5.56 Å². The van der Waals surface area contributed by atoms with E-state index in [1.54, 1.807) is 38.1 Å². The molecular formula is C17H17N5O3. The van der Waals surface area contributed by atoms with Crippen LogP contribution in [-0.4, -0.2) is 31.1 Å². The van der Waals surface area contributed by atoms with Crippen LogP contribution in [-0.2, 0) is 0 Å². The molecule has 3 rings (SSSR count). The number of aromatic amines is 2. The third-order valence-electron chi connectivity index (χ3n) is 3.83. The van der Waals surface area contributed by atoms with Crippen LogP contribution in [0, 0.1) is 20.8 Å². The van der Waals surface area contributed by atoms with Crippen molar-refractivity contribution in [2.24, 2.45) is 4.99 Å². The lowest BCUT2D eigenvalue weighted by atomic mass is 10.2. The molecule has 2 aromatic heterocycles. The lowest BCUT2D eigenvalue weighted by Gasteiger charge is -2.09. The van der Waals surface area contributed by atoms with Gasteiger partial charge < -0.3 is 5.11 Å². The molecule has 0 aliphatic carbocycles. The van der Waals surface area contributed by atoms with Crippen molar-refractivity contribution in [2.45, 2.75) is 20.8 Å². The van der Waals surface area contributed by atoms with Crippen molar-refractivity contribution in [1.29, 1.82) is 0 Å². The number of hydrogen-bond acceptors (Lipinski definition) is 5. The van der Waals surface area contributed by atoms with Crippen LogP contribution in [0.3, 0.4) is 0 Å². The van der Waals surface area contributed by atoms with Gasteiger partial charge in [-0.3, -0.25) is 19.9 Å². The van der Waals surface area contributed by atoms with Crippen LogP contribution >= 0.6 is 0 Å². The number of aryl methyl sites for hydroxylation is 3. The van der Waals surface area contributed by atoms with Gasteiger partial charge in [0.15, 0.2) is 0 Å². The Morgan fingerprint density at radius 1 is 1.16 bits per heavy atom. The molecular weight excluding hydrogens is 322 g/mol. The zero-order valence-electron chi connectivity index (χ0n) is 14.0. The summed E-state index contributed by atoms with van der Waals surface area (Å²) in [5.74, 6) is -0.472. The lowest BCUT2D eigenvalue weighted by molar-refractivity contribution is 0.430. The van der Waals surface area contributed by atoms with Crippen molar-refractivity contribution in [3.05, 3.63) is 67.6 Å². The highest BCUT2D eigenvalue weighted by molar-refractivity contribution is 5.84. The van der Waals surface area contributed by atoms with E-state index in [9.17, 15) is 14.7 Å². The Hall–Kier alpha value is -3.42. The van der Waals surface area contributed by atoms with Gasteiger partial charge in [0, 0.05) is 6.21 Å². The molecule has 0 aliphatic rings. The third-order valence-corrected chi connectivity index (χ3v) is 3.83. The van der Waals surface area contributed by atoms with Crippen molar-refractivity contribution >= 4 is 11.9 Å². The van der Waals surface area contributed by atoms with Gasteiger partial charge in [-0.15, -0.1) is 0 Å². The maximum atomic E-state index is 12.1. The predicted octanol–water partition coefficient (Wildman–Crippen LogP) is 1.63. The molecule has 0 amide bonds. The molecule has 0 fully saturated rings. The Bertz CT molecular complexity index is 1050. The summed E-state index contributed by atoms with van der Waals surface area (Å²) >= 11 is 0. The van der Waals surface area contributed by atoms with E-state index in [2.05, 4.69) is 20.2 Å².